The normalized spacial score (nSPS) is 14.6. The van der Waals surface area contributed by atoms with E-state index in [2.05, 4.69) is 31.9 Å². The highest BCUT2D eigenvalue weighted by atomic mass is 32.1. The van der Waals surface area contributed by atoms with Gasteiger partial charge < -0.3 is 19.6 Å². The van der Waals surface area contributed by atoms with E-state index < -0.39 is 5.97 Å². The lowest BCUT2D eigenvalue weighted by atomic mass is 10.1. The minimum absolute atomic E-state index is 0.337. The third-order valence-electron chi connectivity index (χ3n) is 4.92. The van der Waals surface area contributed by atoms with Gasteiger partial charge in [0.05, 0.1) is 12.5 Å². The first-order valence-electron chi connectivity index (χ1n) is 8.70. The van der Waals surface area contributed by atoms with Crippen molar-refractivity contribution < 1.29 is 14.6 Å². The van der Waals surface area contributed by atoms with Gasteiger partial charge in [-0.05, 0) is 36.8 Å². The summed E-state index contributed by atoms with van der Waals surface area (Å²) in [6.07, 6.45) is 1.52. The smallest absolute Gasteiger partial charge is 0.346 e. The number of methoxy groups -OCH3 is 1. The number of nitrogens with zero attached hydrogens (tertiary/aromatic N) is 4. The minimum Gasteiger partial charge on any atom is -0.497 e. The minimum atomic E-state index is -0.911. The van der Waals surface area contributed by atoms with Crippen LogP contribution in [0.15, 0.2) is 30.6 Å². The number of carboxylic acids is 1. The lowest BCUT2D eigenvalue weighted by molar-refractivity contribution is 0.0701. The van der Waals surface area contributed by atoms with Crippen molar-refractivity contribution in [2.24, 2.45) is 0 Å². The van der Waals surface area contributed by atoms with Crippen molar-refractivity contribution in [2.75, 3.05) is 43.1 Å². The summed E-state index contributed by atoms with van der Waals surface area (Å²) in [5.74, 6) is 0.768. The molecule has 0 spiro atoms. The van der Waals surface area contributed by atoms with Crippen LogP contribution in [0.1, 0.15) is 15.2 Å². The largest absolute Gasteiger partial charge is 0.497 e. The number of thiophene rings is 1. The lowest BCUT2D eigenvalue weighted by Crippen LogP contribution is -2.46. The van der Waals surface area contributed by atoms with E-state index in [4.69, 9.17) is 4.74 Å². The van der Waals surface area contributed by atoms with Crippen LogP contribution >= 0.6 is 11.3 Å². The monoisotopic (exact) mass is 384 g/mol. The molecule has 27 heavy (non-hydrogen) atoms. The number of benzene rings is 1. The van der Waals surface area contributed by atoms with Crippen LogP contribution in [0.4, 0.5) is 11.5 Å². The predicted molar refractivity (Wildman–Crippen MR) is 107 cm³/mol. The van der Waals surface area contributed by atoms with Gasteiger partial charge >= 0.3 is 5.97 Å². The Morgan fingerprint density at radius 1 is 1.11 bits per heavy atom. The van der Waals surface area contributed by atoms with Gasteiger partial charge in [0.1, 0.15) is 27.6 Å². The molecular formula is C19H20N4O3S. The van der Waals surface area contributed by atoms with Crippen molar-refractivity contribution >= 4 is 39.0 Å². The molecule has 2 aromatic heterocycles. The van der Waals surface area contributed by atoms with Gasteiger partial charge in [-0.1, -0.05) is 0 Å². The summed E-state index contributed by atoms with van der Waals surface area (Å²) in [4.78, 5) is 25.8. The molecule has 7 nitrogen and oxygen atoms in total. The molecule has 1 aliphatic rings. The van der Waals surface area contributed by atoms with Gasteiger partial charge in [0.2, 0.25) is 0 Å². The second kappa shape index (κ2) is 7.03. The summed E-state index contributed by atoms with van der Waals surface area (Å²) < 4.78 is 5.22. The number of aromatic nitrogens is 2. The summed E-state index contributed by atoms with van der Waals surface area (Å²) >= 11 is 1.21. The van der Waals surface area contributed by atoms with E-state index in [1.54, 1.807) is 7.11 Å². The lowest BCUT2D eigenvalue weighted by Gasteiger charge is -2.37. The number of fused-ring (bicyclic) bond motifs is 1. The summed E-state index contributed by atoms with van der Waals surface area (Å²) in [5, 5.41) is 10.3. The molecule has 0 aliphatic carbocycles. The van der Waals surface area contributed by atoms with Crippen molar-refractivity contribution in [3.63, 3.8) is 0 Å². The van der Waals surface area contributed by atoms with Crippen molar-refractivity contribution in [3.05, 3.63) is 41.0 Å². The second-order valence-electron chi connectivity index (χ2n) is 6.41. The SMILES string of the molecule is COc1ccc(N2CCN(c3ncnc4sc(C(=O)O)c(C)c34)CC2)cc1. The van der Waals surface area contributed by atoms with Crippen LogP contribution in [-0.2, 0) is 0 Å². The van der Waals surface area contributed by atoms with E-state index in [1.807, 2.05) is 19.1 Å². The van der Waals surface area contributed by atoms with E-state index in [0.717, 1.165) is 53.5 Å². The number of hydrogen-bond donors (Lipinski definition) is 1. The standard InChI is InChI=1S/C19H20N4O3S/c1-12-15-17(20-11-21-18(15)27-16(12)19(24)25)23-9-7-22(8-10-23)13-3-5-14(26-2)6-4-13/h3-6,11H,7-10H2,1-2H3,(H,24,25). The summed E-state index contributed by atoms with van der Waals surface area (Å²) in [7, 11) is 1.67. The number of anilines is 2. The van der Waals surface area contributed by atoms with Crippen LogP contribution in [0.5, 0.6) is 5.75 Å². The quantitative estimate of drug-likeness (QED) is 0.741. The molecule has 1 aromatic carbocycles. The number of carboxylic acid groups (broad SMARTS) is 1. The Morgan fingerprint density at radius 3 is 2.41 bits per heavy atom. The van der Waals surface area contributed by atoms with E-state index in [1.165, 1.54) is 23.4 Å². The highest BCUT2D eigenvalue weighted by Crippen LogP contribution is 2.35. The second-order valence-corrected chi connectivity index (χ2v) is 7.41. The van der Waals surface area contributed by atoms with Gasteiger partial charge in [-0.2, -0.15) is 0 Å². The number of piperazine rings is 1. The molecule has 1 saturated heterocycles. The molecule has 1 N–H and O–H groups in total. The van der Waals surface area contributed by atoms with Crippen molar-refractivity contribution in [3.8, 4) is 5.75 Å². The molecule has 0 atom stereocenters. The molecule has 0 amide bonds. The van der Waals surface area contributed by atoms with E-state index in [0.29, 0.717) is 4.88 Å². The third-order valence-corrected chi connectivity index (χ3v) is 6.11. The van der Waals surface area contributed by atoms with E-state index >= 15 is 0 Å². The van der Waals surface area contributed by atoms with Crippen molar-refractivity contribution in [2.45, 2.75) is 6.92 Å². The Bertz CT molecular complexity index is 979. The highest BCUT2D eigenvalue weighted by Gasteiger charge is 2.24. The van der Waals surface area contributed by atoms with Crippen LogP contribution in [0, 0.1) is 6.92 Å². The topological polar surface area (TPSA) is 78.8 Å². The molecule has 3 aromatic rings. The first-order valence-corrected chi connectivity index (χ1v) is 9.51. The summed E-state index contributed by atoms with van der Waals surface area (Å²) in [6.45, 7) is 5.20. The molecule has 1 aliphatic heterocycles. The molecule has 140 valence electrons. The molecule has 3 heterocycles. The molecule has 1 fully saturated rings. The average molecular weight is 384 g/mol. The Morgan fingerprint density at radius 2 is 1.78 bits per heavy atom. The molecule has 0 radical (unpaired) electrons. The fourth-order valence-corrected chi connectivity index (χ4v) is 4.45. The van der Waals surface area contributed by atoms with Gasteiger partial charge in [0, 0.05) is 31.9 Å². The Kier molecular flexibility index (Phi) is 4.57. The number of ether oxygens (including phenoxy) is 1. The Balaban J connectivity index is 1.56. The first-order chi connectivity index (χ1) is 13.1. The maximum absolute atomic E-state index is 11.5. The van der Waals surface area contributed by atoms with Crippen LogP contribution < -0.4 is 14.5 Å². The van der Waals surface area contributed by atoms with E-state index in [9.17, 15) is 9.90 Å². The zero-order chi connectivity index (χ0) is 19.0. The number of hydrogen-bond acceptors (Lipinski definition) is 7. The molecule has 8 heteroatoms. The van der Waals surface area contributed by atoms with Gasteiger partial charge in [-0.3, -0.25) is 0 Å². The van der Waals surface area contributed by atoms with Crippen molar-refractivity contribution in [1.29, 1.82) is 0 Å². The summed E-state index contributed by atoms with van der Waals surface area (Å²) in [5.41, 5.74) is 1.92. The number of carbonyl (C=O) groups is 1. The molecular weight excluding hydrogens is 364 g/mol. The molecule has 0 bridgehead atoms. The van der Waals surface area contributed by atoms with Gasteiger partial charge in [0.15, 0.2) is 0 Å². The zero-order valence-corrected chi connectivity index (χ0v) is 16.0. The average Bonchev–Trinajstić information content (AvgIpc) is 3.05. The van der Waals surface area contributed by atoms with Gasteiger partial charge in [-0.25, -0.2) is 14.8 Å². The number of rotatable bonds is 4. The fraction of sp³-hybridized carbons (Fsp3) is 0.316. The Labute approximate surface area is 160 Å². The van der Waals surface area contributed by atoms with E-state index in [-0.39, 0.29) is 0 Å². The molecule has 0 unspecified atom stereocenters. The fourth-order valence-electron chi connectivity index (χ4n) is 3.47. The van der Waals surface area contributed by atoms with Crippen LogP contribution in [0.2, 0.25) is 0 Å². The van der Waals surface area contributed by atoms with Crippen LogP contribution in [0.3, 0.4) is 0 Å². The molecule has 0 saturated carbocycles. The number of aromatic carboxylic acids is 1. The highest BCUT2D eigenvalue weighted by molar-refractivity contribution is 7.20. The molecule has 4 rings (SSSR count). The van der Waals surface area contributed by atoms with Crippen molar-refractivity contribution in [1.82, 2.24) is 9.97 Å². The predicted octanol–water partition coefficient (Wildman–Crippen LogP) is 3.03. The maximum atomic E-state index is 11.5. The zero-order valence-electron chi connectivity index (χ0n) is 15.2. The van der Waals surface area contributed by atoms with Gasteiger partial charge in [-0.15, -0.1) is 11.3 Å². The maximum Gasteiger partial charge on any atom is 0.346 e. The summed E-state index contributed by atoms with van der Waals surface area (Å²) in [6, 6.07) is 8.08. The first kappa shape index (κ1) is 17.5. The Hall–Kier alpha value is -2.87. The van der Waals surface area contributed by atoms with Gasteiger partial charge in [0.25, 0.3) is 0 Å². The van der Waals surface area contributed by atoms with Crippen LogP contribution in [-0.4, -0.2) is 54.3 Å². The number of aryl methyl sites for hydroxylation is 1. The third kappa shape index (κ3) is 3.16. The van der Waals surface area contributed by atoms with Crippen LogP contribution in [0.25, 0.3) is 10.2 Å².